The number of aryl methyl sites for hydroxylation is 1. The fraction of sp³-hybridized carbons (Fsp3) is 0.172. The lowest BCUT2D eigenvalue weighted by Crippen LogP contribution is -1.99. The SMILES string of the molecule is CCOCc1ccc(OCc2ccc(-c3ccc(-c4ccc(C)cc4)c(F)c3F)cc2)cc1F. The molecule has 0 unspecified atom stereocenters. The summed E-state index contributed by atoms with van der Waals surface area (Å²) in [4.78, 5) is 0. The molecule has 4 aromatic carbocycles. The summed E-state index contributed by atoms with van der Waals surface area (Å²) in [5.74, 6) is -1.73. The van der Waals surface area contributed by atoms with Gasteiger partial charge in [0.05, 0.1) is 6.61 Å². The maximum Gasteiger partial charge on any atom is 0.167 e. The van der Waals surface area contributed by atoms with Gasteiger partial charge in [-0.2, -0.15) is 0 Å². The Morgan fingerprint density at radius 2 is 1.26 bits per heavy atom. The van der Waals surface area contributed by atoms with Gasteiger partial charge in [-0.3, -0.25) is 0 Å². The van der Waals surface area contributed by atoms with E-state index in [-0.39, 0.29) is 30.2 Å². The third kappa shape index (κ3) is 5.32. The third-order valence-electron chi connectivity index (χ3n) is 5.60. The Morgan fingerprint density at radius 3 is 1.82 bits per heavy atom. The fourth-order valence-electron chi connectivity index (χ4n) is 3.62. The van der Waals surface area contributed by atoms with E-state index in [0.717, 1.165) is 11.1 Å². The van der Waals surface area contributed by atoms with Gasteiger partial charge in [-0.1, -0.05) is 72.3 Å². The average Bonchev–Trinajstić information content (AvgIpc) is 2.85. The van der Waals surface area contributed by atoms with E-state index >= 15 is 0 Å². The van der Waals surface area contributed by atoms with Crippen molar-refractivity contribution in [1.29, 1.82) is 0 Å². The van der Waals surface area contributed by atoms with E-state index in [1.165, 1.54) is 6.07 Å². The summed E-state index contributed by atoms with van der Waals surface area (Å²) in [5, 5.41) is 0. The molecule has 5 heteroatoms. The number of ether oxygens (including phenoxy) is 2. The molecule has 0 aromatic heterocycles. The number of halogens is 3. The molecule has 174 valence electrons. The van der Waals surface area contributed by atoms with Crippen LogP contribution in [-0.2, 0) is 18.0 Å². The molecular weight excluding hydrogens is 437 g/mol. The molecule has 0 aliphatic heterocycles. The maximum absolute atomic E-state index is 14.9. The maximum atomic E-state index is 14.9. The molecule has 0 amide bonds. The van der Waals surface area contributed by atoms with Gasteiger partial charge in [0, 0.05) is 29.4 Å². The normalized spacial score (nSPS) is 11.0. The second kappa shape index (κ2) is 10.6. The van der Waals surface area contributed by atoms with Crippen molar-refractivity contribution in [2.45, 2.75) is 27.1 Å². The Kier molecular flexibility index (Phi) is 7.33. The van der Waals surface area contributed by atoms with Crippen molar-refractivity contribution in [3.05, 3.63) is 113 Å². The highest BCUT2D eigenvalue weighted by molar-refractivity contribution is 5.72. The highest BCUT2D eigenvalue weighted by Gasteiger charge is 2.16. The zero-order valence-corrected chi connectivity index (χ0v) is 19.1. The first kappa shape index (κ1) is 23.6. The first-order valence-electron chi connectivity index (χ1n) is 11.1. The van der Waals surface area contributed by atoms with Gasteiger partial charge in [0.15, 0.2) is 11.6 Å². The second-order valence-corrected chi connectivity index (χ2v) is 8.03. The van der Waals surface area contributed by atoms with E-state index in [0.29, 0.717) is 29.0 Å². The Labute approximate surface area is 197 Å². The number of hydrogen-bond donors (Lipinski definition) is 0. The Morgan fingerprint density at radius 1 is 0.676 bits per heavy atom. The van der Waals surface area contributed by atoms with Crippen molar-refractivity contribution in [3.8, 4) is 28.0 Å². The van der Waals surface area contributed by atoms with Gasteiger partial charge in [0.1, 0.15) is 18.2 Å². The van der Waals surface area contributed by atoms with Crippen LogP contribution in [-0.4, -0.2) is 6.61 Å². The van der Waals surface area contributed by atoms with Gasteiger partial charge < -0.3 is 9.47 Å². The molecule has 0 N–H and O–H groups in total. The minimum absolute atomic E-state index is 0.188. The summed E-state index contributed by atoms with van der Waals surface area (Å²) in [7, 11) is 0. The van der Waals surface area contributed by atoms with Crippen LogP contribution >= 0.6 is 0 Å². The smallest absolute Gasteiger partial charge is 0.167 e. The Balaban J connectivity index is 1.46. The molecule has 0 aliphatic rings. The van der Waals surface area contributed by atoms with Crippen molar-refractivity contribution in [2.75, 3.05) is 6.61 Å². The van der Waals surface area contributed by atoms with Crippen LogP contribution in [0.25, 0.3) is 22.3 Å². The molecule has 0 spiro atoms. The van der Waals surface area contributed by atoms with Crippen LogP contribution in [0.2, 0.25) is 0 Å². The zero-order chi connectivity index (χ0) is 24.1. The predicted molar refractivity (Wildman–Crippen MR) is 128 cm³/mol. The summed E-state index contributed by atoms with van der Waals surface area (Å²) in [6, 6.07) is 22.1. The molecule has 0 atom stereocenters. The largest absolute Gasteiger partial charge is 0.489 e. The van der Waals surface area contributed by atoms with Gasteiger partial charge in [0.25, 0.3) is 0 Å². The molecule has 34 heavy (non-hydrogen) atoms. The van der Waals surface area contributed by atoms with Gasteiger partial charge in [0.2, 0.25) is 0 Å². The van der Waals surface area contributed by atoms with E-state index in [1.807, 2.05) is 26.0 Å². The molecule has 0 fully saturated rings. The lowest BCUT2D eigenvalue weighted by Gasteiger charge is -2.11. The quantitative estimate of drug-likeness (QED) is 0.265. The average molecular weight is 463 g/mol. The van der Waals surface area contributed by atoms with E-state index in [4.69, 9.17) is 9.47 Å². The number of hydrogen-bond acceptors (Lipinski definition) is 2. The van der Waals surface area contributed by atoms with Crippen LogP contribution in [0, 0.1) is 24.4 Å². The van der Waals surface area contributed by atoms with E-state index in [2.05, 4.69) is 0 Å². The van der Waals surface area contributed by atoms with E-state index in [1.54, 1.807) is 60.7 Å². The Bertz CT molecular complexity index is 1270. The van der Waals surface area contributed by atoms with Crippen molar-refractivity contribution in [2.24, 2.45) is 0 Å². The van der Waals surface area contributed by atoms with E-state index in [9.17, 15) is 13.2 Å². The van der Waals surface area contributed by atoms with Crippen LogP contribution in [0.3, 0.4) is 0 Å². The zero-order valence-electron chi connectivity index (χ0n) is 19.1. The van der Waals surface area contributed by atoms with Crippen LogP contribution < -0.4 is 4.74 Å². The Hall–Kier alpha value is -3.57. The summed E-state index contributed by atoms with van der Waals surface area (Å²) in [6.45, 7) is 4.74. The molecule has 0 saturated heterocycles. The molecule has 4 aromatic rings. The highest BCUT2D eigenvalue weighted by Crippen LogP contribution is 2.32. The molecule has 0 aliphatic carbocycles. The highest BCUT2D eigenvalue weighted by atomic mass is 19.2. The number of benzene rings is 4. The second-order valence-electron chi connectivity index (χ2n) is 8.03. The van der Waals surface area contributed by atoms with Crippen molar-refractivity contribution < 1.29 is 22.6 Å². The summed E-state index contributed by atoms with van der Waals surface area (Å²) in [6.07, 6.45) is 0. The summed E-state index contributed by atoms with van der Waals surface area (Å²) < 4.78 is 54.8. The minimum atomic E-state index is -0.885. The summed E-state index contributed by atoms with van der Waals surface area (Å²) in [5.41, 5.74) is 3.94. The molecule has 0 bridgehead atoms. The van der Waals surface area contributed by atoms with Gasteiger partial charge >= 0.3 is 0 Å². The standard InChI is InChI=1S/C29H25F3O2/c1-3-33-18-23-12-13-24(16-27(23)30)34-17-20-6-10-22(11-7-20)26-15-14-25(28(31)29(26)32)21-8-4-19(2)5-9-21/h4-16H,3,17-18H2,1-2H3. The molecule has 4 rings (SSSR count). The molecule has 2 nitrogen and oxygen atoms in total. The summed E-state index contributed by atoms with van der Waals surface area (Å²) >= 11 is 0. The van der Waals surface area contributed by atoms with Gasteiger partial charge in [-0.05, 0) is 36.6 Å². The topological polar surface area (TPSA) is 18.5 Å². The van der Waals surface area contributed by atoms with E-state index < -0.39 is 11.6 Å². The first-order valence-corrected chi connectivity index (χ1v) is 11.1. The minimum Gasteiger partial charge on any atom is -0.489 e. The van der Waals surface area contributed by atoms with Crippen LogP contribution in [0.4, 0.5) is 13.2 Å². The molecule has 0 radical (unpaired) electrons. The number of rotatable bonds is 8. The predicted octanol–water partition coefficient (Wildman–Crippen LogP) is 7.86. The van der Waals surface area contributed by atoms with Crippen molar-refractivity contribution in [1.82, 2.24) is 0 Å². The van der Waals surface area contributed by atoms with Crippen LogP contribution in [0.1, 0.15) is 23.6 Å². The van der Waals surface area contributed by atoms with Crippen molar-refractivity contribution in [3.63, 3.8) is 0 Å². The first-order chi connectivity index (χ1) is 16.5. The van der Waals surface area contributed by atoms with Crippen molar-refractivity contribution >= 4 is 0 Å². The molecule has 0 saturated carbocycles. The third-order valence-corrected chi connectivity index (χ3v) is 5.60. The molecular formula is C29H25F3O2. The fourth-order valence-corrected chi connectivity index (χ4v) is 3.62. The van der Waals surface area contributed by atoms with Gasteiger partial charge in [-0.15, -0.1) is 0 Å². The lowest BCUT2D eigenvalue weighted by molar-refractivity contribution is 0.131. The van der Waals surface area contributed by atoms with Gasteiger partial charge in [-0.25, -0.2) is 13.2 Å². The molecule has 0 heterocycles. The lowest BCUT2D eigenvalue weighted by atomic mass is 9.98. The van der Waals surface area contributed by atoms with Crippen LogP contribution in [0.15, 0.2) is 78.9 Å². The monoisotopic (exact) mass is 462 g/mol. The van der Waals surface area contributed by atoms with Crippen LogP contribution in [0.5, 0.6) is 5.75 Å².